The van der Waals surface area contributed by atoms with E-state index in [0.717, 1.165) is 5.69 Å². The first kappa shape index (κ1) is 11.2. The monoisotopic (exact) mass is 208 g/mol. The largest absolute Gasteiger partial charge is 0.459 e. The highest BCUT2D eigenvalue weighted by Gasteiger charge is 2.14. The van der Waals surface area contributed by atoms with Gasteiger partial charge in [-0.15, -0.1) is 0 Å². The number of pyridine rings is 1. The Bertz CT molecular complexity index is 377. The molecule has 1 amide bonds. The van der Waals surface area contributed by atoms with Crippen LogP contribution in [0, 0.1) is 6.92 Å². The molecule has 0 unspecified atom stereocenters. The Morgan fingerprint density at radius 3 is 2.80 bits per heavy atom. The number of rotatable bonds is 2. The second-order valence-corrected chi connectivity index (χ2v) is 2.84. The van der Waals surface area contributed by atoms with E-state index in [4.69, 9.17) is 0 Å². The van der Waals surface area contributed by atoms with Gasteiger partial charge in [-0.3, -0.25) is 4.79 Å². The zero-order valence-corrected chi connectivity index (χ0v) is 8.61. The number of ether oxygens (including phenoxy) is 1. The van der Waals surface area contributed by atoms with E-state index in [9.17, 15) is 9.59 Å². The lowest BCUT2D eigenvalue weighted by Crippen LogP contribution is -2.25. The number of aryl methyl sites for hydroxylation is 1. The standard InChI is InChI=1S/C10H12N2O3/c1-3-15-10(14)9(13)12-8-6-4-5-7(2)11-8/h4-6H,3H2,1-2H3,(H,11,12,13). The van der Waals surface area contributed by atoms with Crippen LogP contribution >= 0.6 is 0 Å². The molecule has 1 heterocycles. The molecule has 1 N–H and O–H groups in total. The molecule has 1 aromatic heterocycles. The summed E-state index contributed by atoms with van der Waals surface area (Å²) in [5, 5.41) is 2.34. The van der Waals surface area contributed by atoms with E-state index in [1.54, 1.807) is 32.0 Å². The van der Waals surface area contributed by atoms with Gasteiger partial charge in [0.1, 0.15) is 5.82 Å². The van der Waals surface area contributed by atoms with E-state index in [1.807, 2.05) is 0 Å². The van der Waals surface area contributed by atoms with Crippen LogP contribution in [0.25, 0.3) is 0 Å². The number of amides is 1. The van der Waals surface area contributed by atoms with Crippen molar-refractivity contribution in [3.63, 3.8) is 0 Å². The molecule has 0 radical (unpaired) electrons. The third kappa shape index (κ3) is 3.38. The summed E-state index contributed by atoms with van der Waals surface area (Å²) in [6, 6.07) is 5.13. The van der Waals surface area contributed by atoms with Crippen LogP contribution in [0.15, 0.2) is 18.2 Å². The van der Waals surface area contributed by atoms with Gasteiger partial charge in [-0.1, -0.05) is 6.07 Å². The van der Waals surface area contributed by atoms with Crippen LogP contribution < -0.4 is 5.32 Å². The minimum absolute atomic E-state index is 0.174. The first-order chi connectivity index (χ1) is 7.13. The van der Waals surface area contributed by atoms with Gasteiger partial charge in [-0.05, 0) is 26.0 Å². The van der Waals surface area contributed by atoms with Gasteiger partial charge in [0.15, 0.2) is 0 Å². The van der Waals surface area contributed by atoms with E-state index in [-0.39, 0.29) is 6.61 Å². The molecule has 5 heteroatoms. The summed E-state index contributed by atoms with van der Waals surface area (Å²) >= 11 is 0. The van der Waals surface area contributed by atoms with E-state index < -0.39 is 11.9 Å². The van der Waals surface area contributed by atoms with Crippen molar-refractivity contribution in [2.75, 3.05) is 11.9 Å². The Morgan fingerprint density at radius 2 is 2.20 bits per heavy atom. The quantitative estimate of drug-likeness (QED) is 0.579. The van der Waals surface area contributed by atoms with Gasteiger partial charge in [0.25, 0.3) is 0 Å². The van der Waals surface area contributed by atoms with Crippen molar-refractivity contribution in [3.05, 3.63) is 23.9 Å². The van der Waals surface area contributed by atoms with Crippen molar-refractivity contribution in [1.29, 1.82) is 0 Å². The number of hydrogen-bond acceptors (Lipinski definition) is 4. The molecular formula is C10H12N2O3. The highest BCUT2D eigenvalue weighted by Crippen LogP contribution is 2.03. The smallest absolute Gasteiger partial charge is 0.397 e. The van der Waals surface area contributed by atoms with Crippen molar-refractivity contribution >= 4 is 17.7 Å². The van der Waals surface area contributed by atoms with Gasteiger partial charge in [-0.2, -0.15) is 0 Å². The molecule has 0 fully saturated rings. The molecule has 0 aromatic carbocycles. The highest BCUT2D eigenvalue weighted by molar-refractivity contribution is 6.37. The molecule has 1 aromatic rings. The SMILES string of the molecule is CCOC(=O)C(=O)Nc1cccc(C)n1. The topological polar surface area (TPSA) is 68.3 Å². The summed E-state index contributed by atoms with van der Waals surface area (Å²) in [7, 11) is 0. The number of carbonyl (C=O) groups is 2. The van der Waals surface area contributed by atoms with Crippen LogP contribution in [0.3, 0.4) is 0 Å². The van der Waals surface area contributed by atoms with Gasteiger partial charge >= 0.3 is 11.9 Å². The normalized spacial score (nSPS) is 9.47. The van der Waals surface area contributed by atoms with Gasteiger partial charge in [0.2, 0.25) is 0 Å². The fourth-order valence-electron chi connectivity index (χ4n) is 0.977. The van der Waals surface area contributed by atoms with Crippen molar-refractivity contribution in [2.45, 2.75) is 13.8 Å². The summed E-state index contributed by atoms with van der Waals surface area (Å²) in [5.74, 6) is -1.37. The summed E-state index contributed by atoms with van der Waals surface area (Å²) in [6.07, 6.45) is 0. The summed E-state index contributed by atoms with van der Waals surface area (Å²) in [6.45, 7) is 3.60. The molecule has 0 atom stereocenters. The first-order valence-electron chi connectivity index (χ1n) is 4.55. The minimum atomic E-state index is -0.902. The molecule has 0 saturated carbocycles. The van der Waals surface area contributed by atoms with Gasteiger partial charge < -0.3 is 10.1 Å². The first-order valence-corrected chi connectivity index (χ1v) is 4.55. The Balaban J connectivity index is 2.62. The predicted molar refractivity (Wildman–Crippen MR) is 54.2 cm³/mol. The number of nitrogens with zero attached hydrogens (tertiary/aromatic N) is 1. The lowest BCUT2D eigenvalue weighted by molar-refractivity contribution is -0.152. The third-order valence-corrected chi connectivity index (χ3v) is 1.59. The lowest BCUT2D eigenvalue weighted by atomic mass is 10.4. The maximum absolute atomic E-state index is 11.2. The van der Waals surface area contributed by atoms with Crippen molar-refractivity contribution < 1.29 is 14.3 Å². The van der Waals surface area contributed by atoms with Crippen molar-refractivity contribution in [1.82, 2.24) is 4.98 Å². The fraction of sp³-hybridized carbons (Fsp3) is 0.300. The third-order valence-electron chi connectivity index (χ3n) is 1.59. The Kier molecular flexibility index (Phi) is 3.79. The summed E-state index contributed by atoms with van der Waals surface area (Å²) in [5.41, 5.74) is 0.761. The van der Waals surface area contributed by atoms with Crippen LogP contribution in [0.1, 0.15) is 12.6 Å². The molecular weight excluding hydrogens is 196 g/mol. The predicted octanol–water partition coefficient (Wildman–Crippen LogP) is 0.892. The molecule has 5 nitrogen and oxygen atoms in total. The Hall–Kier alpha value is -1.91. The molecule has 15 heavy (non-hydrogen) atoms. The molecule has 0 saturated heterocycles. The second-order valence-electron chi connectivity index (χ2n) is 2.84. The zero-order chi connectivity index (χ0) is 11.3. The molecule has 0 aliphatic heterocycles. The van der Waals surface area contributed by atoms with Crippen LogP contribution in [-0.4, -0.2) is 23.5 Å². The second kappa shape index (κ2) is 5.09. The molecule has 0 aliphatic rings. The lowest BCUT2D eigenvalue weighted by Gasteiger charge is -2.03. The number of carbonyl (C=O) groups excluding carboxylic acids is 2. The number of esters is 1. The van der Waals surface area contributed by atoms with Crippen LogP contribution in [0.5, 0.6) is 0 Å². The van der Waals surface area contributed by atoms with Gasteiger partial charge in [0, 0.05) is 5.69 Å². The molecule has 0 spiro atoms. The number of nitrogens with one attached hydrogen (secondary N) is 1. The highest BCUT2D eigenvalue weighted by atomic mass is 16.5. The van der Waals surface area contributed by atoms with E-state index >= 15 is 0 Å². The Labute approximate surface area is 87.5 Å². The number of aromatic nitrogens is 1. The minimum Gasteiger partial charge on any atom is -0.459 e. The maximum atomic E-state index is 11.2. The van der Waals surface area contributed by atoms with Gasteiger partial charge in [0.05, 0.1) is 6.61 Å². The Morgan fingerprint density at radius 1 is 1.47 bits per heavy atom. The molecule has 80 valence electrons. The fourth-order valence-corrected chi connectivity index (χ4v) is 0.977. The van der Waals surface area contributed by atoms with Crippen LogP contribution in [-0.2, 0) is 14.3 Å². The molecule has 0 bridgehead atoms. The van der Waals surface area contributed by atoms with Crippen molar-refractivity contribution in [2.24, 2.45) is 0 Å². The van der Waals surface area contributed by atoms with Crippen LogP contribution in [0.2, 0.25) is 0 Å². The van der Waals surface area contributed by atoms with E-state index in [2.05, 4.69) is 15.0 Å². The van der Waals surface area contributed by atoms with E-state index in [1.165, 1.54) is 0 Å². The molecule has 0 aliphatic carbocycles. The zero-order valence-electron chi connectivity index (χ0n) is 8.61. The average molecular weight is 208 g/mol. The van der Waals surface area contributed by atoms with Gasteiger partial charge in [-0.25, -0.2) is 9.78 Å². The summed E-state index contributed by atoms with van der Waals surface area (Å²) < 4.78 is 4.53. The maximum Gasteiger partial charge on any atom is 0.397 e. The number of hydrogen-bond donors (Lipinski definition) is 1. The van der Waals surface area contributed by atoms with Crippen LogP contribution in [0.4, 0.5) is 5.82 Å². The van der Waals surface area contributed by atoms with E-state index in [0.29, 0.717) is 5.82 Å². The molecule has 1 rings (SSSR count). The summed E-state index contributed by atoms with van der Waals surface area (Å²) in [4.78, 5) is 26.2. The van der Waals surface area contributed by atoms with Crippen molar-refractivity contribution in [3.8, 4) is 0 Å². The average Bonchev–Trinajstić information content (AvgIpc) is 2.18. The number of anilines is 1.